The van der Waals surface area contributed by atoms with Crippen LogP contribution in [-0.4, -0.2) is 27.1 Å². The monoisotopic (exact) mass is 296 g/mol. The van der Waals surface area contributed by atoms with Crippen LogP contribution in [0, 0.1) is 6.92 Å². The van der Waals surface area contributed by atoms with E-state index in [9.17, 15) is 9.90 Å². The van der Waals surface area contributed by atoms with E-state index in [1.807, 2.05) is 49.4 Å². The molecule has 5 heteroatoms. The number of carboxylic acid groups (broad SMARTS) is 1. The summed E-state index contributed by atoms with van der Waals surface area (Å²) in [5, 5.41) is 9.44. The van der Waals surface area contributed by atoms with Crippen molar-refractivity contribution >= 4 is 11.6 Å². The number of aromatic carboxylic acids is 1. The Labute approximate surface area is 127 Å². The first-order valence-corrected chi connectivity index (χ1v) is 7.04. The van der Waals surface area contributed by atoms with Crippen molar-refractivity contribution in [3.8, 4) is 5.75 Å². The third-order valence-corrected chi connectivity index (χ3v) is 3.41. The smallest absolute Gasteiger partial charge is 0.354 e. The maximum atomic E-state index is 11.5. The highest BCUT2D eigenvalue weighted by molar-refractivity contribution is 5.88. The second-order valence-electron chi connectivity index (χ2n) is 5.06. The molecule has 0 atom stereocenters. The van der Waals surface area contributed by atoms with Crippen LogP contribution < -0.4 is 4.74 Å². The van der Waals surface area contributed by atoms with Crippen molar-refractivity contribution in [3.05, 3.63) is 65.6 Å². The Morgan fingerprint density at radius 3 is 2.77 bits per heavy atom. The molecule has 0 saturated carbocycles. The summed E-state index contributed by atoms with van der Waals surface area (Å²) in [6.45, 7) is 2.33. The molecule has 0 amide bonds. The number of rotatable bonds is 5. The van der Waals surface area contributed by atoms with Crippen molar-refractivity contribution in [2.24, 2.45) is 0 Å². The molecule has 0 saturated heterocycles. The number of imidazole rings is 1. The standard InChI is InChI=1S/C17H16N2O3/c1-12-7-9-19-15(11-12)18-14(16(19)17(20)21)8-10-22-13-5-3-2-4-6-13/h2-7,9,11H,8,10H2,1H3,(H,20,21). The predicted molar refractivity (Wildman–Crippen MR) is 82.5 cm³/mol. The van der Waals surface area contributed by atoms with Crippen molar-refractivity contribution in [2.75, 3.05) is 6.61 Å². The zero-order chi connectivity index (χ0) is 15.5. The van der Waals surface area contributed by atoms with E-state index in [4.69, 9.17) is 4.74 Å². The Morgan fingerprint density at radius 2 is 2.05 bits per heavy atom. The maximum absolute atomic E-state index is 11.5. The second-order valence-corrected chi connectivity index (χ2v) is 5.06. The largest absolute Gasteiger partial charge is 0.493 e. The Balaban J connectivity index is 1.83. The van der Waals surface area contributed by atoms with E-state index in [0.29, 0.717) is 24.4 Å². The first-order chi connectivity index (χ1) is 10.6. The van der Waals surface area contributed by atoms with E-state index in [-0.39, 0.29) is 5.69 Å². The van der Waals surface area contributed by atoms with Crippen molar-refractivity contribution in [3.63, 3.8) is 0 Å². The molecule has 3 aromatic rings. The first kappa shape index (κ1) is 14.1. The molecule has 0 aliphatic carbocycles. The van der Waals surface area contributed by atoms with Crippen LogP contribution in [0.15, 0.2) is 48.7 Å². The van der Waals surface area contributed by atoms with Crippen molar-refractivity contribution in [2.45, 2.75) is 13.3 Å². The van der Waals surface area contributed by atoms with Crippen molar-refractivity contribution in [1.29, 1.82) is 0 Å². The number of carbonyl (C=O) groups is 1. The number of hydrogen-bond acceptors (Lipinski definition) is 3. The van der Waals surface area contributed by atoms with Crippen molar-refractivity contribution in [1.82, 2.24) is 9.38 Å². The molecular formula is C17H16N2O3. The first-order valence-electron chi connectivity index (χ1n) is 7.04. The topological polar surface area (TPSA) is 63.8 Å². The number of aromatic nitrogens is 2. The normalized spacial score (nSPS) is 10.8. The van der Waals surface area contributed by atoms with Gasteiger partial charge in [-0.3, -0.25) is 4.40 Å². The molecule has 112 valence electrons. The summed E-state index contributed by atoms with van der Waals surface area (Å²) in [7, 11) is 0. The zero-order valence-corrected chi connectivity index (χ0v) is 12.2. The van der Waals surface area contributed by atoms with Gasteiger partial charge in [0, 0.05) is 12.6 Å². The summed E-state index contributed by atoms with van der Waals surface area (Å²) in [5.41, 5.74) is 2.43. The fourth-order valence-corrected chi connectivity index (χ4v) is 2.38. The van der Waals surface area contributed by atoms with Gasteiger partial charge in [-0.2, -0.15) is 0 Å². The molecule has 0 spiro atoms. The molecule has 2 heterocycles. The Bertz CT molecular complexity index is 809. The van der Waals surface area contributed by atoms with Gasteiger partial charge in [-0.1, -0.05) is 18.2 Å². The van der Waals surface area contributed by atoms with E-state index in [2.05, 4.69) is 4.98 Å². The maximum Gasteiger partial charge on any atom is 0.354 e. The fourth-order valence-electron chi connectivity index (χ4n) is 2.38. The van der Waals surface area contributed by atoms with Gasteiger partial charge in [0.15, 0.2) is 5.69 Å². The lowest BCUT2D eigenvalue weighted by Gasteiger charge is -2.05. The van der Waals surface area contributed by atoms with Gasteiger partial charge in [-0.25, -0.2) is 9.78 Å². The minimum absolute atomic E-state index is 0.201. The lowest BCUT2D eigenvalue weighted by molar-refractivity contribution is 0.0688. The lowest BCUT2D eigenvalue weighted by Crippen LogP contribution is -2.09. The van der Waals surface area contributed by atoms with Gasteiger partial charge >= 0.3 is 5.97 Å². The molecule has 0 aliphatic rings. The Morgan fingerprint density at radius 1 is 1.27 bits per heavy atom. The molecule has 2 aromatic heterocycles. The number of nitrogens with zero attached hydrogens (tertiary/aromatic N) is 2. The van der Waals surface area contributed by atoms with Gasteiger partial charge < -0.3 is 9.84 Å². The fraction of sp³-hybridized carbons (Fsp3) is 0.176. The van der Waals surface area contributed by atoms with Gasteiger partial charge in [0.25, 0.3) is 0 Å². The Kier molecular flexibility index (Phi) is 3.78. The third kappa shape index (κ3) is 2.79. The summed E-state index contributed by atoms with van der Waals surface area (Å²) < 4.78 is 7.23. The van der Waals surface area contributed by atoms with Crippen LogP contribution >= 0.6 is 0 Å². The quantitative estimate of drug-likeness (QED) is 0.786. The number of para-hydroxylation sites is 1. The molecule has 0 bridgehead atoms. The lowest BCUT2D eigenvalue weighted by atomic mass is 10.2. The van der Waals surface area contributed by atoms with Gasteiger partial charge in [0.1, 0.15) is 11.4 Å². The highest BCUT2D eigenvalue weighted by Gasteiger charge is 2.18. The van der Waals surface area contributed by atoms with Crippen LogP contribution in [0.5, 0.6) is 5.75 Å². The second kappa shape index (κ2) is 5.89. The highest BCUT2D eigenvalue weighted by Crippen LogP contribution is 2.16. The average Bonchev–Trinajstić information content (AvgIpc) is 2.85. The van der Waals surface area contributed by atoms with Gasteiger partial charge in [-0.05, 0) is 36.8 Å². The number of hydrogen-bond donors (Lipinski definition) is 1. The zero-order valence-electron chi connectivity index (χ0n) is 12.2. The average molecular weight is 296 g/mol. The van der Waals surface area contributed by atoms with Crippen molar-refractivity contribution < 1.29 is 14.6 Å². The molecule has 5 nitrogen and oxygen atoms in total. The van der Waals surface area contributed by atoms with E-state index < -0.39 is 5.97 Å². The van der Waals surface area contributed by atoms with E-state index in [1.54, 1.807) is 10.6 Å². The van der Waals surface area contributed by atoms with Crippen LogP contribution in [0.4, 0.5) is 0 Å². The molecule has 0 fully saturated rings. The minimum Gasteiger partial charge on any atom is -0.493 e. The molecule has 1 N–H and O–H groups in total. The van der Waals surface area contributed by atoms with E-state index >= 15 is 0 Å². The van der Waals surface area contributed by atoms with Crippen LogP contribution in [0.2, 0.25) is 0 Å². The van der Waals surface area contributed by atoms with Gasteiger partial charge in [0.2, 0.25) is 0 Å². The Hall–Kier alpha value is -2.82. The summed E-state index contributed by atoms with van der Waals surface area (Å²) in [6.07, 6.45) is 2.18. The molecule has 22 heavy (non-hydrogen) atoms. The predicted octanol–water partition coefficient (Wildman–Crippen LogP) is 2.96. The number of ether oxygens (including phenoxy) is 1. The van der Waals surface area contributed by atoms with E-state index in [0.717, 1.165) is 11.3 Å². The highest BCUT2D eigenvalue weighted by atomic mass is 16.5. The number of benzene rings is 1. The van der Waals surface area contributed by atoms with Crippen LogP contribution in [0.1, 0.15) is 21.7 Å². The summed E-state index contributed by atoms with van der Waals surface area (Å²) in [5.74, 6) is -0.218. The summed E-state index contributed by atoms with van der Waals surface area (Å²) in [4.78, 5) is 15.9. The van der Waals surface area contributed by atoms with Crippen LogP contribution in [0.25, 0.3) is 5.65 Å². The van der Waals surface area contributed by atoms with Crippen LogP contribution in [0.3, 0.4) is 0 Å². The summed E-state index contributed by atoms with van der Waals surface area (Å²) in [6, 6.07) is 13.2. The third-order valence-electron chi connectivity index (χ3n) is 3.41. The molecule has 0 aliphatic heterocycles. The van der Waals surface area contributed by atoms with Crippen LogP contribution in [-0.2, 0) is 6.42 Å². The number of pyridine rings is 1. The molecular weight excluding hydrogens is 280 g/mol. The number of fused-ring (bicyclic) bond motifs is 1. The SMILES string of the molecule is Cc1ccn2c(C(=O)O)c(CCOc3ccccc3)nc2c1. The number of carboxylic acids is 1. The van der Waals surface area contributed by atoms with E-state index in [1.165, 1.54) is 0 Å². The number of aryl methyl sites for hydroxylation is 1. The van der Waals surface area contributed by atoms with Gasteiger partial charge in [0.05, 0.1) is 12.3 Å². The molecule has 0 unspecified atom stereocenters. The molecule has 0 radical (unpaired) electrons. The summed E-state index contributed by atoms with van der Waals surface area (Å²) >= 11 is 0. The van der Waals surface area contributed by atoms with Gasteiger partial charge in [-0.15, -0.1) is 0 Å². The molecule has 1 aromatic carbocycles. The molecule has 3 rings (SSSR count). The minimum atomic E-state index is -0.980.